The molecular formula is C20H22N2O6. The molecule has 0 aliphatic rings. The van der Waals surface area contributed by atoms with E-state index in [4.69, 9.17) is 14.2 Å². The summed E-state index contributed by atoms with van der Waals surface area (Å²) < 4.78 is 14.9. The number of benzene rings is 2. The van der Waals surface area contributed by atoms with Crippen LogP contribution in [0.3, 0.4) is 0 Å². The Morgan fingerprint density at radius 1 is 0.929 bits per heavy atom. The third kappa shape index (κ3) is 7.18. The standard InChI is InChI=1S/C20H22N2O6/c1-14(23)28-18-5-3-4-15(12-18)20(25)22-17-8-6-16(7-9-17)21-19(24)13-27-11-10-26-2/h3-9,12H,10-11,13H2,1-2H3,(H,21,24)(H,22,25). The molecule has 0 aliphatic heterocycles. The predicted molar refractivity (Wildman–Crippen MR) is 103 cm³/mol. The highest BCUT2D eigenvalue weighted by atomic mass is 16.5. The molecule has 0 bridgehead atoms. The highest BCUT2D eigenvalue weighted by Gasteiger charge is 2.09. The molecule has 2 amide bonds. The Hall–Kier alpha value is -3.23. The summed E-state index contributed by atoms with van der Waals surface area (Å²) in [6.45, 7) is 1.98. The number of anilines is 2. The lowest BCUT2D eigenvalue weighted by Gasteiger charge is -2.09. The summed E-state index contributed by atoms with van der Waals surface area (Å²) in [4.78, 5) is 35.1. The van der Waals surface area contributed by atoms with Gasteiger partial charge in [0.1, 0.15) is 12.4 Å². The molecule has 0 radical (unpaired) electrons. The van der Waals surface area contributed by atoms with Crippen LogP contribution in [0.5, 0.6) is 5.75 Å². The summed E-state index contributed by atoms with van der Waals surface area (Å²) in [5.74, 6) is -0.794. The second-order valence-electron chi connectivity index (χ2n) is 5.75. The summed E-state index contributed by atoms with van der Waals surface area (Å²) in [5, 5.41) is 5.43. The minimum atomic E-state index is -0.459. The lowest BCUT2D eigenvalue weighted by atomic mass is 10.2. The van der Waals surface area contributed by atoms with E-state index in [9.17, 15) is 14.4 Å². The lowest BCUT2D eigenvalue weighted by Crippen LogP contribution is -2.19. The Morgan fingerprint density at radius 2 is 1.61 bits per heavy atom. The monoisotopic (exact) mass is 386 g/mol. The van der Waals surface area contributed by atoms with Gasteiger partial charge in [0.05, 0.1) is 13.2 Å². The van der Waals surface area contributed by atoms with E-state index in [0.29, 0.717) is 35.9 Å². The van der Waals surface area contributed by atoms with Crippen LogP contribution in [-0.2, 0) is 19.1 Å². The van der Waals surface area contributed by atoms with Gasteiger partial charge in [0.25, 0.3) is 5.91 Å². The van der Waals surface area contributed by atoms with E-state index in [1.165, 1.54) is 13.0 Å². The van der Waals surface area contributed by atoms with Gasteiger partial charge in [0, 0.05) is 31.0 Å². The van der Waals surface area contributed by atoms with E-state index in [1.54, 1.807) is 49.6 Å². The maximum Gasteiger partial charge on any atom is 0.308 e. The van der Waals surface area contributed by atoms with Crippen molar-refractivity contribution >= 4 is 29.2 Å². The highest BCUT2D eigenvalue weighted by molar-refractivity contribution is 6.04. The van der Waals surface area contributed by atoms with Gasteiger partial charge in [-0.3, -0.25) is 14.4 Å². The molecular weight excluding hydrogens is 364 g/mol. The second kappa shape index (κ2) is 10.8. The lowest BCUT2D eigenvalue weighted by molar-refractivity contribution is -0.131. The molecule has 8 heteroatoms. The van der Waals surface area contributed by atoms with Crippen molar-refractivity contribution in [1.29, 1.82) is 0 Å². The molecule has 2 rings (SSSR count). The predicted octanol–water partition coefficient (Wildman–Crippen LogP) is 2.47. The molecule has 2 aromatic carbocycles. The molecule has 8 nitrogen and oxygen atoms in total. The largest absolute Gasteiger partial charge is 0.427 e. The third-order valence-electron chi connectivity index (χ3n) is 3.45. The number of carbonyl (C=O) groups is 3. The van der Waals surface area contributed by atoms with Crippen molar-refractivity contribution in [3.8, 4) is 5.75 Å². The van der Waals surface area contributed by atoms with Crippen molar-refractivity contribution in [3.05, 3.63) is 54.1 Å². The number of methoxy groups -OCH3 is 1. The van der Waals surface area contributed by atoms with E-state index in [1.807, 2.05) is 0 Å². The zero-order valence-corrected chi connectivity index (χ0v) is 15.7. The van der Waals surface area contributed by atoms with E-state index in [2.05, 4.69) is 10.6 Å². The normalized spacial score (nSPS) is 10.2. The smallest absolute Gasteiger partial charge is 0.308 e. The van der Waals surface area contributed by atoms with Crippen LogP contribution in [0.2, 0.25) is 0 Å². The van der Waals surface area contributed by atoms with Crippen LogP contribution in [0.1, 0.15) is 17.3 Å². The van der Waals surface area contributed by atoms with Crippen LogP contribution in [-0.4, -0.2) is 44.7 Å². The van der Waals surface area contributed by atoms with Gasteiger partial charge in [-0.2, -0.15) is 0 Å². The summed E-state index contributed by atoms with van der Waals surface area (Å²) in [6, 6.07) is 13.0. The van der Waals surface area contributed by atoms with Gasteiger partial charge >= 0.3 is 5.97 Å². The first-order valence-electron chi connectivity index (χ1n) is 8.54. The molecule has 0 aromatic heterocycles. The zero-order valence-electron chi connectivity index (χ0n) is 15.7. The van der Waals surface area contributed by atoms with Crippen molar-refractivity contribution in [2.24, 2.45) is 0 Å². The molecule has 0 spiro atoms. The van der Waals surface area contributed by atoms with Gasteiger partial charge in [-0.15, -0.1) is 0 Å². The SMILES string of the molecule is COCCOCC(=O)Nc1ccc(NC(=O)c2cccc(OC(C)=O)c2)cc1. The third-order valence-corrected chi connectivity index (χ3v) is 3.45. The molecule has 2 aromatic rings. The van der Waals surface area contributed by atoms with E-state index >= 15 is 0 Å². The molecule has 0 saturated heterocycles. The maximum atomic E-state index is 12.3. The van der Waals surface area contributed by atoms with Crippen molar-refractivity contribution in [1.82, 2.24) is 0 Å². The molecule has 0 aliphatic carbocycles. The van der Waals surface area contributed by atoms with Crippen molar-refractivity contribution < 1.29 is 28.6 Å². The van der Waals surface area contributed by atoms with Crippen LogP contribution in [0, 0.1) is 0 Å². The van der Waals surface area contributed by atoms with Crippen molar-refractivity contribution in [2.45, 2.75) is 6.92 Å². The number of hydrogen-bond donors (Lipinski definition) is 2. The van der Waals surface area contributed by atoms with Gasteiger partial charge in [0.15, 0.2) is 0 Å². The fourth-order valence-corrected chi connectivity index (χ4v) is 2.21. The topological polar surface area (TPSA) is 103 Å². The van der Waals surface area contributed by atoms with Gasteiger partial charge in [-0.25, -0.2) is 0 Å². The molecule has 0 heterocycles. The number of ether oxygens (including phenoxy) is 3. The average molecular weight is 386 g/mol. The summed E-state index contributed by atoms with van der Waals surface area (Å²) in [6.07, 6.45) is 0. The molecule has 148 valence electrons. The van der Waals surface area contributed by atoms with Crippen LogP contribution in [0.4, 0.5) is 11.4 Å². The molecule has 0 unspecified atom stereocenters. The quantitative estimate of drug-likeness (QED) is 0.390. The van der Waals surface area contributed by atoms with E-state index < -0.39 is 5.97 Å². The van der Waals surface area contributed by atoms with Gasteiger partial charge in [-0.1, -0.05) is 6.07 Å². The summed E-state index contributed by atoms with van der Waals surface area (Å²) in [5.41, 5.74) is 1.48. The van der Waals surface area contributed by atoms with E-state index in [0.717, 1.165) is 0 Å². The van der Waals surface area contributed by atoms with Gasteiger partial charge < -0.3 is 24.8 Å². The molecule has 2 N–H and O–H groups in total. The molecule has 0 saturated carbocycles. The first kappa shape index (κ1) is 21.1. The minimum absolute atomic E-state index is 0.0689. The molecule has 0 atom stereocenters. The fourth-order valence-electron chi connectivity index (χ4n) is 2.21. The number of carbonyl (C=O) groups excluding carboxylic acids is 3. The number of esters is 1. The number of hydrogen-bond acceptors (Lipinski definition) is 6. The molecule has 0 fully saturated rings. The fraction of sp³-hybridized carbons (Fsp3) is 0.250. The van der Waals surface area contributed by atoms with Gasteiger partial charge in [-0.05, 0) is 42.5 Å². The minimum Gasteiger partial charge on any atom is -0.427 e. The van der Waals surface area contributed by atoms with Crippen LogP contribution in [0.15, 0.2) is 48.5 Å². The number of amides is 2. The average Bonchev–Trinajstić information content (AvgIpc) is 2.66. The summed E-state index contributed by atoms with van der Waals surface area (Å²) >= 11 is 0. The van der Waals surface area contributed by atoms with Crippen LogP contribution < -0.4 is 15.4 Å². The number of rotatable bonds is 9. The Labute approximate surface area is 162 Å². The maximum absolute atomic E-state index is 12.3. The Bertz CT molecular complexity index is 820. The molecule has 28 heavy (non-hydrogen) atoms. The zero-order chi connectivity index (χ0) is 20.4. The number of nitrogens with one attached hydrogen (secondary N) is 2. The van der Waals surface area contributed by atoms with Crippen LogP contribution >= 0.6 is 0 Å². The second-order valence-corrected chi connectivity index (χ2v) is 5.75. The first-order valence-corrected chi connectivity index (χ1v) is 8.54. The van der Waals surface area contributed by atoms with Crippen molar-refractivity contribution in [2.75, 3.05) is 37.6 Å². The van der Waals surface area contributed by atoms with Gasteiger partial charge in [0.2, 0.25) is 5.91 Å². The first-order chi connectivity index (χ1) is 13.5. The highest BCUT2D eigenvalue weighted by Crippen LogP contribution is 2.17. The Kier molecular flexibility index (Phi) is 8.13. The Balaban J connectivity index is 1.89. The van der Waals surface area contributed by atoms with Crippen LogP contribution in [0.25, 0.3) is 0 Å². The Morgan fingerprint density at radius 3 is 2.25 bits per heavy atom. The summed E-state index contributed by atoms with van der Waals surface area (Å²) in [7, 11) is 1.56. The van der Waals surface area contributed by atoms with Crippen molar-refractivity contribution in [3.63, 3.8) is 0 Å². The van der Waals surface area contributed by atoms with E-state index in [-0.39, 0.29) is 18.4 Å².